The van der Waals surface area contributed by atoms with Gasteiger partial charge in [-0.25, -0.2) is 4.98 Å². The lowest BCUT2D eigenvalue weighted by molar-refractivity contribution is 0.0950. The number of thiazole rings is 1. The summed E-state index contributed by atoms with van der Waals surface area (Å²) >= 11 is 1.43. The summed E-state index contributed by atoms with van der Waals surface area (Å²) < 4.78 is 2.91. The molecule has 36 heavy (non-hydrogen) atoms. The number of likely N-dealkylation sites (tertiary alicyclic amines) is 1. The molecule has 6 rings (SSSR count). The average Bonchev–Trinajstić information content (AvgIpc) is 3.56. The van der Waals surface area contributed by atoms with E-state index in [1.165, 1.54) is 24.2 Å². The number of carbonyl (C=O) groups is 1. The number of aromatic nitrogens is 2. The van der Waals surface area contributed by atoms with E-state index in [0.29, 0.717) is 28.1 Å². The van der Waals surface area contributed by atoms with Crippen molar-refractivity contribution in [2.75, 3.05) is 26.2 Å². The summed E-state index contributed by atoms with van der Waals surface area (Å²) in [6.45, 7) is 3.35. The van der Waals surface area contributed by atoms with Crippen LogP contribution < -0.4 is 10.7 Å². The molecule has 1 saturated heterocycles. The van der Waals surface area contributed by atoms with E-state index in [-0.39, 0.29) is 23.5 Å². The molecule has 8 heteroatoms. The summed E-state index contributed by atoms with van der Waals surface area (Å²) in [5.74, 6) is -0.343. The Hall–Kier alpha value is -3.59. The first-order chi connectivity index (χ1) is 17.6. The first-order valence-corrected chi connectivity index (χ1v) is 13.0. The third-order valence-electron chi connectivity index (χ3n) is 6.83. The van der Waals surface area contributed by atoms with E-state index >= 15 is 0 Å². The van der Waals surface area contributed by atoms with Crippen LogP contribution in [-0.2, 0) is 6.61 Å². The minimum atomic E-state index is -0.343. The summed E-state index contributed by atoms with van der Waals surface area (Å²) in [7, 11) is 0. The molecule has 0 spiro atoms. The van der Waals surface area contributed by atoms with Gasteiger partial charge in [0.1, 0.15) is 16.0 Å². The van der Waals surface area contributed by atoms with Gasteiger partial charge in [-0.15, -0.1) is 11.3 Å². The molecule has 1 aliphatic rings. The van der Waals surface area contributed by atoms with Gasteiger partial charge in [-0.3, -0.25) is 14.0 Å². The molecule has 1 amide bonds. The average molecular weight is 499 g/mol. The van der Waals surface area contributed by atoms with Crippen LogP contribution in [0.25, 0.3) is 37.3 Å². The van der Waals surface area contributed by atoms with Crippen molar-refractivity contribution >= 4 is 43.3 Å². The molecule has 5 aromatic rings. The molecule has 3 aromatic heterocycles. The van der Waals surface area contributed by atoms with Crippen molar-refractivity contribution in [1.82, 2.24) is 19.6 Å². The second-order valence-electron chi connectivity index (χ2n) is 9.15. The maximum Gasteiger partial charge on any atom is 0.258 e. The molecule has 2 aromatic carbocycles. The first kappa shape index (κ1) is 22.8. The first-order valence-electron chi connectivity index (χ1n) is 12.2. The Bertz CT molecular complexity index is 1670. The Labute approximate surface area is 211 Å². The van der Waals surface area contributed by atoms with Gasteiger partial charge in [0.15, 0.2) is 0 Å². The van der Waals surface area contributed by atoms with Crippen LogP contribution in [0.1, 0.15) is 28.8 Å². The fourth-order valence-corrected chi connectivity index (χ4v) is 6.18. The lowest BCUT2D eigenvalue weighted by Gasteiger charge is -2.15. The van der Waals surface area contributed by atoms with Gasteiger partial charge in [-0.1, -0.05) is 30.3 Å². The monoisotopic (exact) mass is 498 g/mol. The third kappa shape index (κ3) is 3.97. The van der Waals surface area contributed by atoms with Crippen LogP contribution in [-0.4, -0.2) is 51.5 Å². The zero-order valence-corrected chi connectivity index (χ0v) is 20.6. The predicted molar refractivity (Wildman–Crippen MR) is 144 cm³/mol. The van der Waals surface area contributed by atoms with Gasteiger partial charge < -0.3 is 15.3 Å². The second-order valence-corrected chi connectivity index (χ2v) is 10.2. The van der Waals surface area contributed by atoms with E-state index in [1.807, 2.05) is 52.9 Å². The van der Waals surface area contributed by atoms with Crippen molar-refractivity contribution in [3.8, 4) is 11.3 Å². The molecule has 7 nitrogen and oxygen atoms in total. The predicted octanol–water partition coefficient (Wildman–Crippen LogP) is 4.05. The van der Waals surface area contributed by atoms with Crippen LogP contribution >= 0.6 is 11.3 Å². The lowest BCUT2D eigenvalue weighted by atomic mass is 10.1. The quantitative estimate of drug-likeness (QED) is 0.369. The maximum atomic E-state index is 13.7. The molecule has 0 atom stereocenters. The molecule has 1 fully saturated rings. The number of pyridine rings is 2. The number of carbonyl (C=O) groups excluding carboxylic acids is 1. The molecular weight excluding hydrogens is 472 g/mol. The van der Waals surface area contributed by atoms with E-state index < -0.39 is 0 Å². The Morgan fingerprint density at radius 1 is 1.06 bits per heavy atom. The fourth-order valence-electron chi connectivity index (χ4n) is 5.00. The van der Waals surface area contributed by atoms with Crippen molar-refractivity contribution in [1.29, 1.82) is 0 Å². The third-order valence-corrected chi connectivity index (χ3v) is 7.98. The fraction of sp³-hybridized carbons (Fsp3) is 0.250. The number of amides is 1. The highest BCUT2D eigenvalue weighted by Crippen LogP contribution is 2.31. The minimum absolute atomic E-state index is 0.0590. The highest BCUT2D eigenvalue weighted by atomic mass is 32.1. The molecule has 0 bridgehead atoms. The maximum absolute atomic E-state index is 13.7. The summed E-state index contributed by atoms with van der Waals surface area (Å²) in [5, 5.41) is 12.9. The SMILES string of the molecule is O=C(NCCN1CCCC1)c1c(=O)c2ccc(-c3cccc(CO)c3)nc2n2c1sc1ccccc12. The van der Waals surface area contributed by atoms with E-state index in [1.54, 1.807) is 12.1 Å². The number of hydrogen-bond donors (Lipinski definition) is 2. The Morgan fingerprint density at radius 2 is 1.89 bits per heavy atom. The minimum Gasteiger partial charge on any atom is -0.392 e. The molecule has 0 saturated carbocycles. The van der Waals surface area contributed by atoms with Crippen LogP contribution in [0.3, 0.4) is 0 Å². The zero-order valence-electron chi connectivity index (χ0n) is 19.7. The van der Waals surface area contributed by atoms with Crippen LogP contribution in [0.4, 0.5) is 0 Å². The van der Waals surface area contributed by atoms with Gasteiger partial charge in [0.25, 0.3) is 5.91 Å². The number of aliphatic hydroxyl groups excluding tert-OH is 1. The molecule has 4 heterocycles. The van der Waals surface area contributed by atoms with E-state index in [4.69, 9.17) is 4.98 Å². The number of nitrogens with zero attached hydrogens (tertiary/aromatic N) is 3. The molecule has 0 radical (unpaired) electrons. The van der Waals surface area contributed by atoms with Crippen LogP contribution in [0.15, 0.2) is 65.5 Å². The van der Waals surface area contributed by atoms with Gasteiger partial charge in [0, 0.05) is 18.7 Å². The number of fused-ring (bicyclic) bond motifs is 5. The van der Waals surface area contributed by atoms with Crippen molar-refractivity contribution in [2.24, 2.45) is 0 Å². The van der Waals surface area contributed by atoms with Gasteiger partial charge in [-0.2, -0.15) is 0 Å². The van der Waals surface area contributed by atoms with Gasteiger partial charge >= 0.3 is 0 Å². The summed E-state index contributed by atoms with van der Waals surface area (Å²) in [5.41, 5.74) is 3.63. The molecular formula is C28H26N4O3S. The molecule has 0 unspecified atom stereocenters. The Morgan fingerprint density at radius 3 is 2.72 bits per heavy atom. The number of benzene rings is 2. The Kier molecular flexibility index (Phi) is 6.00. The smallest absolute Gasteiger partial charge is 0.258 e. The van der Waals surface area contributed by atoms with E-state index in [2.05, 4.69) is 10.2 Å². The van der Waals surface area contributed by atoms with E-state index in [9.17, 15) is 14.7 Å². The number of nitrogens with one attached hydrogen (secondary N) is 1. The van der Waals surface area contributed by atoms with Crippen LogP contribution in [0.2, 0.25) is 0 Å². The largest absolute Gasteiger partial charge is 0.392 e. The van der Waals surface area contributed by atoms with E-state index in [0.717, 1.165) is 41.0 Å². The summed E-state index contributed by atoms with van der Waals surface area (Å²) in [4.78, 5) is 34.9. The van der Waals surface area contributed by atoms with Gasteiger partial charge in [0.2, 0.25) is 5.43 Å². The molecule has 182 valence electrons. The Balaban J connectivity index is 1.51. The number of aliphatic hydroxyl groups is 1. The van der Waals surface area contributed by atoms with Gasteiger partial charge in [-0.05, 0) is 61.8 Å². The van der Waals surface area contributed by atoms with Crippen LogP contribution in [0, 0.1) is 0 Å². The molecule has 2 N–H and O–H groups in total. The highest BCUT2D eigenvalue weighted by Gasteiger charge is 2.23. The van der Waals surface area contributed by atoms with Crippen molar-refractivity contribution < 1.29 is 9.90 Å². The lowest BCUT2D eigenvalue weighted by Crippen LogP contribution is -2.35. The molecule has 1 aliphatic heterocycles. The second kappa shape index (κ2) is 9.46. The standard InChI is InChI=1S/C28H26N4O3S/c33-17-18-6-5-7-19(16-18)21-11-10-20-25(34)24(27(35)29-12-15-31-13-3-4-14-31)28-32(26(20)30-21)22-8-1-2-9-23(22)36-28/h1-2,5-11,16,33H,3-4,12-15,17H2,(H,29,35). The highest BCUT2D eigenvalue weighted by molar-refractivity contribution is 7.24. The topological polar surface area (TPSA) is 86.9 Å². The zero-order chi connectivity index (χ0) is 24.6. The number of rotatable bonds is 6. The summed E-state index contributed by atoms with van der Waals surface area (Å²) in [6, 6.07) is 19.0. The summed E-state index contributed by atoms with van der Waals surface area (Å²) in [6.07, 6.45) is 2.39. The molecule has 0 aliphatic carbocycles. The number of para-hydroxylation sites is 1. The normalized spacial score (nSPS) is 14.2. The van der Waals surface area contributed by atoms with Crippen molar-refractivity contribution in [3.05, 3.63) is 82.0 Å². The van der Waals surface area contributed by atoms with Crippen molar-refractivity contribution in [3.63, 3.8) is 0 Å². The van der Waals surface area contributed by atoms with Crippen molar-refractivity contribution in [2.45, 2.75) is 19.4 Å². The number of hydrogen-bond acceptors (Lipinski definition) is 6. The van der Waals surface area contributed by atoms with Crippen LogP contribution in [0.5, 0.6) is 0 Å². The van der Waals surface area contributed by atoms with Gasteiger partial charge in [0.05, 0.1) is 27.9 Å².